The quantitative estimate of drug-likeness (QED) is 0.125. The molecule has 3 N–H and O–H groups in total. The minimum absolute atomic E-state index is 0.0522. The van der Waals surface area contributed by atoms with Crippen LogP contribution < -0.4 is 9.44 Å². The third-order valence-electron chi connectivity index (χ3n) is 15.0. The molecule has 0 radical (unpaired) electrons. The molecule has 10 rings (SSSR count). The number of hydrogen-bond acceptors (Lipinski definition) is 8. The lowest BCUT2D eigenvalue weighted by molar-refractivity contribution is -0.142. The number of aliphatic hydroxyl groups excluding tert-OH is 1. The van der Waals surface area contributed by atoms with E-state index in [1.165, 1.54) is 18.4 Å². The lowest BCUT2D eigenvalue weighted by atomic mass is 9.45. The van der Waals surface area contributed by atoms with Gasteiger partial charge in [0.2, 0.25) is 20.0 Å². The van der Waals surface area contributed by atoms with Gasteiger partial charge < -0.3 is 9.90 Å². The van der Waals surface area contributed by atoms with E-state index in [4.69, 9.17) is 1.28 Å². The Kier molecular flexibility index (Phi) is 16.3. The van der Waals surface area contributed by atoms with Gasteiger partial charge in [-0.25, -0.2) is 16.8 Å². The predicted molar refractivity (Wildman–Crippen MR) is 255 cm³/mol. The number of rotatable bonds is 14. The molecule has 2 aromatic rings. The van der Waals surface area contributed by atoms with Crippen LogP contribution in [0.5, 0.6) is 0 Å². The van der Waals surface area contributed by atoms with Crippen LogP contribution in [0.3, 0.4) is 0 Å². The van der Waals surface area contributed by atoms with Gasteiger partial charge in [-0.1, -0.05) is 44.8 Å². The van der Waals surface area contributed by atoms with Gasteiger partial charge in [-0.2, -0.15) is 9.44 Å². The Labute approximate surface area is 391 Å². The number of hydrogen-bond donors (Lipinski definition) is 3. The first-order chi connectivity index (χ1) is 29.5. The van der Waals surface area contributed by atoms with Crippen LogP contribution in [0.15, 0.2) is 67.3 Å². The third-order valence-corrected chi connectivity index (χ3v) is 20.3. The molecule has 10 nitrogen and oxygen atoms in total. The van der Waals surface area contributed by atoms with Crippen molar-refractivity contribution in [2.45, 2.75) is 139 Å². The van der Waals surface area contributed by atoms with Crippen molar-refractivity contribution >= 4 is 78.9 Å². The lowest BCUT2D eigenvalue weighted by Gasteiger charge is -2.60. The smallest absolute Gasteiger partial charge is 0.242 e. The summed E-state index contributed by atoms with van der Waals surface area (Å²) in [5.41, 5.74) is -2.44. The molecule has 0 heterocycles. The highest BCUT2D eigenvalue weighted by atomic mass is 79.9. The highest BCUT2D eigenvalue weighted by Gasteiger charge is 2.57. The summed E-state index contributed by atoms with van der Waals surface area (Å²) >= 11 is 6.56. The second-order valence-corrected chi connectivity index (χ2v) is 25.0. The van der Waals surface area contributed by atoms with Gasteiger partial charge in [-0.15, -0.1) is 9.18 Å². The molecule has 0 aromatic heterocycles. The summed E-state index contributed by atoms with van der Waals surface area (Å²) in [6, 6.07) is 13.2. The molecule has 62 heavy (non-hydrogen) atoms. The van der Waals surface area contributed by atoms with Gasteiger partial charge in [-0.05, 0) is 201 Å². The number of carbonyl (C=O) groups is 3. The molecule has 0 saturated heterocycles. The Hall–Kier alpha value is -1.38. The normalized spacial score (nSPS) is 32.1. The largest absolute Gasteiger partial charge is 0.396 e. The van der Waals surface area contributed by atoms with Gasteiger partial charge in [0.05, 0.1) is 22.1 Å². The van der Waals surface area contributed by atoms with Gasteiger partial charge >= 0.3 is 0 Å². The third kappa shape index (κ3) is 11.1. The fourth-order valence-corrected chi connectivity index (χ4v) is 17.5. The fourth-order valence-electron chi connectivity index (χ4n) is 12.7. The molecule has 2 aromatic carbocycles. The molecular weight excluding hydrogens is 975 g/mol. The van der Waals surface area contributed by atoms with E-state index in [9.17, 15) is 36.3 Å². The van der Waals surface area contributed by atoms with Crippen molar-refractivity contribution in [1.82, 2.24) is 9.44 Å². The Morgan fingerprint density at radius 2 is 1.08 bits per heavy atom. The van der Waals surface area contributed by atoms with Crippen LogP contribution in [-0.4, -0.2) is 65.4 Å². The number of Topliss-reactive ketones (excluding diaryl/α,β-unsaturated/α-hetero) is 2. The Morgan fingerprint density at radius 3 is 1.44 bits per heavy atom. The topological polar surface area (TPSA) is 164 Å². The van der Waals surface area contributed by atoms with E-state index in [2.05, 4.69) is 41.3 Å². The van der Waals surface area contributed by atoms with E-state index in [1.807, 2.05) is 20.5 Å². The average Bonchev–Trinajstić information content (AvgIpc) is 3.20. The van der Waals surface area contributed by atoms with Crippen molar-refractivity contribution in [3.05, 3.63) is 57.5 Å². The SMILES string of the molecule is CC.CC(C)(NS(=O)(=O)c1ccccc1Br)C(=O)CC1C2CC3CC1CC(C=O)(C3)C2.CC(C)(NS(=O)(=O)c1ccccc1Br)C(=O)CC1C2CC3CC1CC(CO)(C3)C2.[2H]PC. The minimum atomic E-state index is -3.83. The molecule has 346 valence electrons. The van der Waals surface area contributed by atoms with Crippen LogP contribution in [0.2, 0.25) is 0 Å². The van der Waals surface area contributed by atoms with Gasteiger partial charge in [0.1, 0.15) is 6.29 Å². The van der Waals surface area contributed by atoms with Crippen molar-refractivity contribution in [3.63, 3.8) is 0 Å². The number of ketones is 2. The summed E-state index contributed by atoms with van der Waals surface area (Å²) in [5, 5.41) is 9.94. The molecule has 8 saturated carbocycles. The van der Waals surface area contributed by atoms with Crippen molar-refractivity contribution < 1.29 is 36.3 Å². The standard InChI is InChI=1S/C22H30BrNO4S.C22H28BrNO4S.C2H6.CH5P/c2*1-21(2,24-29(27,28)19-6-4-3-5-18(19)23)20(26)9-17-15-7-14-8-16(17)12-22(10-14,11-15)13-25;2*1-2/h3-6,14-17,24-25H,7-13H2,1-2H3;3-6,13-17,24H,7-12H2,1-2H3;1-2H3;2H2,1H3/i;;;2D. The second-order valence-electron chi connectivity index (χ2n) is 20.0. The number of halogens is 2. The van der Waals surface area contributed by atoms with E-state index in [0.29, 0.717) is 72.4 Å². The molecule has 0 aliphatic heterocycles. The summed E-state index contributed by atoms with van der Waals surface area (Å²) in [4.78, 5) is 38.4. The number of aldehydes is 1. The molecule has 0 spiro atoms. The molecule has 0 amide bonds. The summed E-state index contributed by atoms with van der Waals surface area (Å²) in [5.74, 6) is 3.52. The number of aliphatic hydroxyl groups is 1. The highest BCUT2D eigenvalue weighted by molar-refractivity contribution is 9.10. The summed E-state index contributed by atoms with van der Waals surface area (Å²) in [6.45, 7) is 12.7. The van der Waals surface area contributed by atoms with Crippen LogP contribution in [-0.2, 0) is 34.4 Å². The maximum atomic E-state index is 13.2. The van der Waals surface area contributed by atoms with Crippen molar-refractivity contribution in [1.29, 1.82) is 1.28 Å². The molecule has 5 unspecified atom stereocenters. The van der Waals surface area contributed by atoms with Crippen molar-refractivity contribution in [3.8, 4) is 0 Å². The summed E-state index contributed by atoms with van der Waals surface area (Å²) in [7, 11) is -7.32. The Morgan fingerprint density at radius 1 is 0.726 bits per heavy atom. The van der Waals surface area contributed by atoms with E-state index < -0.39 is 31.1 Å². The zero-order valence-electron chi connectivity index (χ0n) is 38.4. The first-order valence-electron chi connectivity index (χ1n) is 22.8. The van der Waals surface area contributed by atoms with Crippen LogP contribution in [0.4, 0.5) is 0 Å². The van der Waals surface area contributed by atoms with E-state index in [0.717, 1.165) is 64.2 Å². The highest BCUT2D eigenvalue weighted by Crippen LogP contribution is 2.64. The average molecular weight is 1050 g/mol. The van der Waals surface area contributed by atoms with Gasteiger partial charge in [0, 0.05) is 33.8 Å². The maximum Gasteiger partial charge on any atom is 0.242 e. The van der Waals surface area contributed by atoms with E-state index in [1.54, 1.807) is 64.1 Å². The summed E-state index contributed by atoms with van der Waals surface area (Å²) < 4.78 is 63.9. The van der Waals surface area contributed by atoms with Crippen molar-refractivity contribution in [2.75, 3.05) is 13.3 Å². The number of benzene rings is 2. The van der Waals surface area contributed by atoms with Crippen LogP contribution in [0.25, 0.3) is 0 Å². The lowest BCUT2D eigenvalue weighted by Crippen LogP contribution is -2.55. The van der Waals surface area contributed by atoms with Crippen LogP contribution >= 0.6 is 41.0 Å². The minimum Gasteiger partial charge on any atom is -0.396 e. The van der Waals surface area contributed by atoms with E-state index >= 15 is 0 Å². The molecule has 8 aliphatic carbocycles. The van der Waals surface area contributed by atoms with E-state index in [-0.39, 0.29) is 44.7 Å². The van der Waals surface area contributed by atoms with Gasteiger partial charge in [0.25, 0.3) is 0 Å². The number of nitrogens with one attached hydrogen (secondary N) is 2. The Bertz CT molecular complexity index is 2160. The zero-order valence-corrected chi connectivity index (χ0v) is 43.2. The fraction of sp³-hybridized carbons (Fsp3) is 0.681. The zero-order chi connectivity index (χ0) is 46.8. The predicted octanol–water partition coefficient (Wildman–Crippen LogP) is 9.52. The monoisotopic (exact) mass is 1040 g/mol. The molecule has 8 fully saturated rings. The first kappa shape index (κ1) is 50.0. The first-order valence-corrected chi connectivity index (χ1v) is 27.9. The maximum absolute atomic E-state index is 13.2. The van der Waals surface area contributed by atoms with Gasteiger partial charge in [-0.3, -0.25) is 9.59 Å². The molecule has 8 aliphatic rings. The number of sulfonamides is 2. The molecule has 5 atom stereocenters. The molecule has 15 heteroatoms. The second kappa shape index (κ2) is 20.2. The molecular formula is C47H69Br2N2O8PS2. The summed E-state index contributed by atoms with van der Waals surface area (Å²) in [6.07, 6.45) is 12.4. The number of carbonyl (C=O) groups excluding carboxylic acids is 3. The van der Waals surface area contributed by atoms with Crippen LogP contribution in [0, 0.1) is 58.2 Å². The van der Waals surface area contributed by atoms with Crippen molar-refractivity contribution in [2.24, 2.45) is 58.2 Å². The Balaban J connectivity index is 0.000000216. The molecule has 8 bridgehead atoms. The van der Waals surface area contributed by atoms with Crippen LogP contribution in [0.1, 0.15) is 119 Å². The van der Waals surface area contributed by atoms with Gasteiger partial charge in [0.15, 0.2) is 11.6 Å².